The van der Waals surface area contributed by atoms with E-state index in [0.29, 0.717) is 16.7 Å². The molecule has 0 spiro atoms. The van der Waals surface area contributed by atoms with Crippen LogP contribution in [0, 0.1) is 0 Å². The third kappa shape index (κ3) is 7.71. The van der Waals surface area contributed by atoms with Crippen molar-refractivity contribution < 1.29 is 40.0 Å². The molecular weight excluding hydrogens is 844 g/mol. The molecule has 2 aromatic heterocycles. The van der Waals surface area contributed by atoms with Crippen molar-refractivity contribution in [2.75, 3.05) is 12.3 Å². The molecule has 15 heteroatoms. The fraction of sp³-hybridized carbons (Fsp3) is 0.163. The molecule has 3 heterocycles. The first-order valence-electron chi connectivity index (χ1n) is 20.3. The number of imidazole rings is 1. The van der Waals surface area contributed by atoms with Gasteiger partial charge in [0.05, 0.1) is 12.9 Å². The highest BCUT2D eigenvalue weighted by Gasteiger charge is 2.58. The number of rotatable bonds is 14. The lowest BCUT2D eigenvalue weighted by molar-refractivity contribution is -0.131. The summed E-state index contributed by atoms with van der Waals surface area (Å²) >= 11 is 0. The van der Waals surface area contributed by atoms with Crippen LogP contribution in [0.3, 0.4) is 0 Å². The van der Waals surface area contributed by atoms with E-state index in [1.54, 1.807) is 0 Å². The molecule has 1 fully saturated rings. The number of ether oxygens (including phenoxy) is 3. The van der Waals surface area contributed by atoms with Gasteiger partial charge < -0.3 is 19.9 Å². The van der Waals surface area contributed by atoms with Gasteiger partial charge in [-0.1, -0.05) is 182 Å². The molecule has 0 unspecified atom stereocenters. The Morgan fingerprint density at radius 3 is 1.39 bits per heavy atom. The number of nitrogens with two attached hydrogens (primary N) is 1. The fourth-order valence-electron chi connectivity index (χ4n) is 8.47. The average molecular weight is 884 g/mol. The predicted molar refractivity (Wildman–Crippen MR) is 233 cm³/mol. The minimum absolute atomic E-state index is 0.0237. The molecule has 0 radical (unpaired) electrons. The van der Waals surface area contributed by atoms with Gasteiger partial charge in [0, 0.05) is 0 Å². The van der Waals surface area contributed by atoms with Gasteiger partial charge in [-0.3, -0.25) is 8.75 Å². The Bertz CT molecular complexity index is 2720. The second-order valence-electron chi connectivity index (χ2n) is 15.1. The van der Waals surface area contributed by atoms with Crippen molar-refractivity contribution >= 4 is 27.1 Å². The Labute approximate surface area is 367 Å². The summed E-state index contributed by atoms with van der Waals surface area (Å²) in [5.41, 5.74) is 1.43. The highest BCUT2D eigenvalue weighted by atomic mass is 32.2. The second-order valence-corrected chi connectivity index (χ2v) is 16.6. The van der Waals surface area contributed by atoms with Gasteiger partial charge in [-0.05, 0) is 33.4 Å². The lowest BCUT2D eigenvalue weighted by atomic mass is 9.79. The van der Waals surface area contributed by atoms with Gasteiger partial charge in [-0.2, -0.15) is 21.6 Å². The standard InChI is InChI=1S/C49H40F3N5O6S/c50-49(51,52)64(58,59)63-43-42(62-48(37-25-13-4-14-26-37,38-27-15-5-16-28-38)39-29-17-6-18-30-39)40(61-46(43)57-33-56-41-44(53)54-32-55-45(41)57)31-60-47(34-19-7-1-8-20-34,35-21-9-2-10-22-35)36-23-11-3-12-24-36/h1-30,32-33,40,42-43,46H,31H2,(H2,53,54,55)/t40-,42-,43-,46-/m1/s1. The number of aromatic nitrogens is 4. The van der Waals surface area contributed by atoms with Gasteiger partial charge >= 0.3 is 15.6 Å². The first-order chi connectivity index (χ1) is 31.0. The Kier molecular flexibility index (Phi) is 11.6. The van der Waals surface area contributed by atoms with E-state index < -0.39 is 51.4 Å². The molecular formula is C49H40F3N5O6S. The van der Waals surface area contributed by atoms with Crippen molar-refractivity contribution in [3.8, 4) is 0 Å². The van der Waals surface area contributed by atoms with Crippen molar-refractivity contribution in [2.45, 2.75) is 41.3 Å². The molecule has 0 bridgehead atoms. The molecule has 8 aromatic rings. The number of benzene rings is 6. The molecule has 11 nitrogen and oxygen atoms in total. The molecule has 1 aliphatic heterocycles. The summed E-state index contributed by atoms with van der Waals surface area (Å²) in [5.74, 6) is -0.0237. The number of hydrogen-bond acceptors (Lipinski definition) is 10. The van der Waals surface area contributed by atoms with Gasteiger partial charge in [0.1, 0.15) is 35.3 Å². The molecule has 2 N–H and O–H groups in total. The van der Waals surface area contributed by atoms with Crippen molar-refractivity contribution in [2.24, 2.45) is 0 Å². The molecule has 1 aliphatic rings. The quantitative estimate of drug-likeness (QED) is 0.0640. The third-order valence-electron chi connectivity index (χ3n) is 11.3. The number of alkyl halides is 3. The van der Waals surface area contributed by atoms with Gasteiger partial charge in [0.15, 0.2) is 23.8 Å². The minimum Gasteiger partial charge on any atom is -0.382 e. The Morgan fingerprint density at radius 1 is 0.578 bits per heavy atom. The normalized spacial score (nSPS) is 18.3. The second kappa shape index (κ2) is 17.4. The molecule has 0 saturated carbocycles. The van der Waals surface area contributed by atoms with Gasteiger partial charge in [-0.15, -0.1) is 0 Å². The minimum atomic E-state index is -6.34. The van der Waals surface area contributed by atoms with E-state index in [9.17, 15) is 21.6 Å². The predicted octanol–water partition coefficient (Wildman–Crippen LogP) is 8.93. The van der Waals surface area contributed by atoms with E-state index in [4.69, 9.17) is 24.1 Å². The summed E-state index contributed by atoms with van der Waals surface area (Å²) in [5, 5.41) is 0. The van der Waals surface area contributed by atoms with Crippen LogP contribution in [-0.4, -0.2) is 58.4 Å². The highest BCUT2D eigenvalue weighted by Crippen LogP contribution is 2.48. The molecule has 64 heavy (non-hydrogen) atoms. The first-order valence-corrected chi connectivity index (χ1v) is 21.7. The lowest BCUT2D eigenvalue weighted by Crippen LogP contribution is -2.48. The van der Waals surface area contributed by atoms with Crippen LogP contribution in [0.15, 0.2) is 195 Å². The number of hydrogen-bond donors (Lipinski definition) is 1. The number of halogens is 3. The molecule has 324 valence electrons. The number of nitrogens with zero attached hydrogens (tertiary/aromatic N) is 4. The van der Waals surface area contributed by atoms with E-state index in [0.717, 1.165) is 23.0 Å². The van der Waals surface area contributed by atoms with E-state index in [1.165, 1.54) is 10.9 Å². The van der Waals surface area contributed by atoms with Crippen LogP contribution in [-0.2, 0) is 39.7 Å². The van der Waals surface area contributed by atoms with Gasteiger partial charge in [0.2, 0.25) is 0 Å². The summed E-state index contributed by atoms with van der Waals surface area (Å²) < 4.78 is 98.7. The van der Waals surface area contributed by atoms with Crippen LogP contribution >= 0.6 is 0 Å². The van der Waals surface area contributed by atoms with Crippen LogP contribution in [0.1, 0.15) is 39.6 Å². The largest absolute Gasteiger partial charge is 0.523 e. The maximum Gasteiger partial charge on any atom is 0.523 e. The van der Waals surface area contributed by atoms with Crippen molar-refractivity contribution in [1.82, 2.24) is 19.5 Å². The van der Waals surface area contributed by atoms with Crippen molar-refractivity contribution in [3.05, 3.63) is 228 Å². The van der Waals surface area contributed by atoms with Crippen LogP contribution in [0.5, 0.6) is 0 Å². The Balaban J connectivity index is 1.28. The summed E-state index contributed by atoms with van der Waals surface area (Å²) in [6.45, 7) is -0.385. The van der Waals surface area contributed by atoms with Gasteiger partial charge in [-0.25, -0.2) is 15.0 Å². The smallest absolute Gasteiger partial charge is 0.382 e. The first kappa shape index (κ1) is 42.5. The van der Waals surface area contributed by atoms with Crippen LogP contribution < -0.4 is 5.73 Å². The van der Waals surface area contributed by atoms with E-state index in [2.05, 4.69) is 15.0 Å². The van der Waals surface area contributed by atoms with Crippen LogP contribution in [0.4, 0.5) is 19.0 Å². The highest BCUT2D eigenvalue weighted by molar-refractivity contribution is 7.87. The van der Waals surface area contributed by atoms with Crippen molar-refractivity contribution in [3.63, 3.8) is 0 Å². The van der Waals surface area contributed by atoms with E-state index >= 15 is 0 Å². The topological polar surface area (TPSA) is 141 Å². The average Bonchev–Trinajstić information content (AvgIpc) is 3.91. The summed E-state index contributed by atoms with van der Waals surface area (Å²) in [4.78, 5) is 12.7. The third-order valence-corrected chi connectivity index (χ3v) is 12.4. The molecule has 1 saturated heterocycles. The number of anilines is 1. The Hall–Kier alpha value is -6.75. The van der Waals surface area contributed by atoms with Crippen LogP contribution in [0.25, 0.3) is 11.2 Å². The zero-order valence-electron chi connectivity index (χ0n) is 33.8. The van der Waals surface area contributed by atoms with Crippen molar-refractivity contribution in [1.29, 1.82) is 0 Å². The molecule has 4 atom stereocenters. The SMILES string of the molecule is Nc1ncnc2c1ncn2[C@@H]1O[C@H](COC(c2ccccc2)(c2ccccc2)c2ccccc2)[C@@H](OC(c2ccccc2)(c2ccccc2)c2ccccc2)[C@H]1OS(=O)(=O)C(F)(F)F. The monoisotopic (exact) mass is 883 g/mol. The molecule has 9 rings (SSSR count). The van der Waals surface area contributed by atoms with Crippen LogP contribution in [0.2, 0.25) is 0 Å². The number of fused-ring (bicyclic) bond motifs is 1. The maximum atomic E-state index is 14.6. The van der Waals surface area contributed by atoms with E-state index in [-0.39, 0.29) is 23.6 Å². The van der Waals surface area contributed by atoms with Gasteiger partial charge in [0.25, 0.3) is 0 Å². The summed E-state index contributed by atoms with van der Waals surface area (Å²) in [6.07, 6.45) is -4.35. The zero-order chi connectivity index (χ0) is 44.4. The van der Waals surface area contributed by atoms with E-state index in [1.807, 2.05) is 182 Å². The maximum absolute atomic E-state index is 14.6. The molecule has 0 amide bonds. The number of nitrogen functional groups attached to an aromatic ring is 1. The molecule has 0 aliphatic carbocycles. The summed E-state index contributed by atoms with van der Waals surface area (Å²) in [7, 11) is -6.34. The summed E-state index contributed by atoms with van der Waals surface area (Å²) in [6, 6.07) is 55.7. The fourth-order valence-corrected chi connectivity index (χ4v) is 9.08. The zero-order valence-corrected chi connectivity index (χ0v) is 34.7. The molecule has 6 aromatic carbocycles. The Morgan fingerprint density at radius 2 is 0.984 bits per heavy atom. The lowest BCUT2D eigenvalue weighted by Gasteiger charge is -2.41.